The van der Waals surface area contributed by atoms with Crippen molar-refractivity contribution in [1.29, 1.82) is 0 Å². The number of hydrogen-bond acceptors (Lipinski definition) is 7. The normalized spacial score (nSPS) is 18.4. The van der Waals surface area contributed by atoms with Gasteiger partial charge in [-0.05, 0) is 26.7 Å². The number of aromatic amines is 2. The first-order valence-corrected chi connectivity index (χ1v) is 10.6. The number of nitrogens with one attached hydrogen (secondary N) is 3. The van der Waals surface area contributed by atoms with E-state index in [4.69, 9.17) is 0 Å². The van der Waals surface area contributed by atoms with Crippen molar-refractivity contribution in [3.8, 4) is 0 Å². The van der Waals surface area contributed by atoms with Gasteiger partial charge in [-0.25, -0.2) is 18.2 Å². The molecule has 2 aromatic heterocycles. The van der Waals surface area contributed by atoms with E-state index in [-0.39, 0.29) is 24.7 Å². The van der Waals surface area contributed by atoms with Crippen molar-refractivity contribution in [2.45, 2.75) is 31.6 Å². The van der Waals surface area contributed by atoms with Crippen molar-refractivity contribution < 1.29 is 13.2 Å². The van der Waals surface area contributed by atoms with E-state index in [0.29, 0.717) is 18.0 Å². The van der Waals surface area contributed by atoms with Crippen molar-refractivity contribution in [3.63, 3.8) is 0 Å². The molecule has 1 fully saturated rings. The number of amides is 1. The molecule has 3 rings (SSSR count). The number of sulfonamides is 1. The average molecular weight is 413 g/mol. The van der Waals surface area contributed by atoms with Crippen LogP contribution >= 0.6 is 11.3 Å². The third kappa shape index (κ3) is 4.01. The van der Waals surface area contributed by atoms with Crippen LogP contribution in [0.3, 0.4) is 0 Å². The van der Waals surface area contributed by atoms with Crippen LogP contribution in [-0.2, 0) is 14.8 Å². The summed E-state index contributed by atoms with van der Waals surface area (Å²) < 4.78 is 26.9. The highest BCUT2D eigenvalue weighted by atomic mass is 32.2. The predicted molar refractivity (Wildman–Crippen MR) is 99.4 cm³/mol. The van der Waals surface area contributed by atoms with Crippen molar-refractivity contribution in [2.75, 3.05) is 18.4 Å². The fourth-order valence-corrected chi connectivity index (χ4v) is 5.44. The van der Waals surface area contributed by atoms with Gasteiger partial charge in [0.25, 0.3) is 5.56 Å². The van der Waals surface area contributed by atoms with Crippen molar-refractivity contribution >= 4 is 32.4 Å². The van der Waals surface area contributed by atoms with E-state index in [1.165, 1.54) is 18.3 Å². The smallest absolute Gasteiger partial charge is 0.310 e. The fraction of sp³-hybridized carbons (Fsp3) is 0.467. The van der Waals surface area contributed by atoms with Crippen molar-refractivity contribution in [1.82, 2.24) is 19.3 Å². The maximum absolute atomic E-state index is 12.9. The van der Waals surface area contributed by atoms with Crippen LogP contribution in [-0.4, -0.2) is 46.7 Å². The van der Waals surface area contributed by atoms with Crippen LogP contribution in [0, 0.1) is 19.8 Å². The molecule has 1 saturated heterocycles. The van der Waals surface area contributed by atoms with Crippen LogP contribution in [0.1, 0.15) is 24.2 Å². The van der Waals surface area contributed by atoms with E-state index in [2.05, 4.69) is 15.3 Å². The first-order chi connectivity index (χ1) is 12.7. The molecular weight excluding hydrogens is 394 g/mol. The Morgan fingerprint density at radius 2 is 2.07 bits per heavy atom. The second-order valence-electron chi connectivity index (χ2n) is 6.35. The van der Waals surface area contributed by atoms with Crippen LogP contribution in [0.15, 0.2) is 19.9 Å². The fourth-order valence-electron chi connectivity index (χ4n) is 3.02. The Kier molecular flexibility index (Phi) is 5.31. The standard InChI is InChI=1S/C15H19N5O5S2/c1-8-7-26-15(16-8)19-12(21)10-4-3-5-20(6-10)27(24,25)11-9(2)17-14(23)18-13(11)22/h7,10H,3-6H2,1-2H3,(H,16,19,21)(H2,17,18,22,23). The predicted octanol–water partition coefficient (Wildman–Crippen LogP) is 0.176. The lowest BCUT2D eigenvalue weighted by Gasteiger charge is -2.31. The molecule has 0 aliphatic carbocycles. The minimum Gasteiger partial charge on any atom is -0.310 e. The third-order valence-corrected chi connectivity index (χ3v) is 7.17. The second kappa shape index (κ2) is 7.37. The van der Waals surface area contributed by atoms with E-state index >= 15 is 0 Å². The van der Waals surface area contributed by atoms with Crippen LogP contribution < -0.4 is 16.6 Å². The minimum atomic E-state index is -4.15. The van der Waals surface area contributed by atoms with Gasteiger partial charge in [-0.3, -0.25) is 14.6 Å². The summed E-state index contributed by atoms with van der Waals surface area (Å²) in [4.78, 5) is 43.7. The number of hydrogen-bond donors (Lipinski definition) is 3. The number of anilines is 1. The number of carbonyl (C=O) groups excluding carboxylic acids is 1. The maximum Gasteiger partial charge on any atom is 0.325 e. The van der Waals surface area contributed by atoms with Gasteiger partial charge in [0.15, 0.2) is 10.0 Å². The van der Waals surface area contributed by atoms with Gasteiger partial charge >= 0.3 is 5.69 Å². The Morgan fingerprint density at radius 1 is 1.33 bits per heavy atom. The second-order valence-corrected chi connectivity index (χ2v) is 9.08. The Labute approximate surface area is 158 Å². The Hall–Kier alpha value is -2.31. The molecule has 3 heterocycles. The molecule has 0 aromatic carbocycles. The summed E-state index contributed by atoms with van der Waals surface area (Å²) >= 11 is 1.30. The third-order valence-electron chi connectivity index (χ3n) is 4.28. The molecule has 1 amide bonds. The zero-order chi connectivity index (χ0) is 19.8. The summed E-state index contributed by atoms with van der Waals surface area (Å²) in [6.07, 6.45) is 1.01. The molecule has 0 saturated carbocycles. The van der Waals surface area contributed by atoms with Crippen LogP contribution in [0.25, 0.3) is 0 Å². The highest BCUT2D eigenvalue weighted by Crippen LogP contribution is 2.25. The molecule has 0 radical (unpaired) electrons. The summed E-state index contributed by atoms with van der Waals surface area (Å²) in [5, 5.41) is 4.97. The Morgan fingerprint density at radius 3 is 2.70 bits per heavy atom. The molecule has 1 atom stereocenters. The first-order valence-electron chi connectivity index (χ1n) is 8.25. The number of aryl methyl sites for hydroxylation is 2. The molecule has 0 spiro atoms. The maximum atomic E-state index is 12.9. The van der Waals surface area contributed by atoms with Gasteiger partial charge in [0.05, 0.1) is 11.6 Å². The first kappa shape index (κ1) is 19.5. The van der Waals surface area contributed by atoms with Gasteiger partial charge in [-0.1, -0.05) is 0 Å². The van der Waals surface area contributed by atoms with E-state index in [1.807, 2.05) is 11.9 Å². The SMILES string of the molecule is Cc1csc(NC(=O)C2CCCN(S(=O)(=O)c3c(C)[nH]c(=O)[nH]c3=O)C2)n1. The van der Waals surface area contributed by atoms with Crippen LogP contribution in [0.2, 0.25) is 0 Å². The number of nitrogens with zero attached hydrogens (tertiary/aromatic N) is 2. The quantitative estimate of drug-likeness (QED) is 0.652. The summed E-state index contributed by atoms with van der Waals surface area (Å²) in [6.45, 7) is 3.31. The number of H-pyrrole nitrogens is 2. The largest absolute Gasteiger partial charge is 0.325 e. The number of aromatic nitrogens is 3. The zero-order valence-corrected chi connectivity index (χ0v) is 16.4. The summed E-state index contributed by atoms with van der Waals surface area (Å²) in [5.74, 6) is -0.865. The van der Waals surface area contributed by atoms with Crippen molar-refractivity contribution in [3.05, 3.63) is 37.6 Å². The highest BCUT2D eigenvalue weighted by molar-refractivity contribution is 7.89. The summed E-state index contributed by atoms with van der Waals surface area (Å²) in [5.41, 5.74) is -0.989. The van der Waals surface area contributed by atoms with Gasteiger partial charge < -0.3 is 10.3 Å². The number of thiazole rings is 1. The van der Waals surface area contributed by atoms with Crippen molar-refractivity contribution in [2.24, 2.45) is 5.92 Å². The molecule has 1 unspecified atom stereocenters. The molecule has 27 heavy (non-hydrogen) atoms. The van der Waals surface area contributed by atoms with Crippen LogP contribution in [0.5, 0.6) is 0 Å². The highest BCUT2D eigenvalue weighted by Gasteiger charge is 2.36. The molecule has 0 bridgehead atoms. The van der Waals surface area contributed by atoms with Crippen LogP contribution in [0.4, 0.5) is 5.13 Å². The topological polar surface area (TPSA) is 145 Å². The van der Waals surface area contributed by atoms with E-state index in [1.54, 1.807) is 5.38 Å². The molecule has 10 nitrogen and oxygen atoms in total. The lowest BCUT2D eigenvalue weighted by molar-refractivity contribution is -0.120. The Balaban J connectivity index is 1.82. The number of piperidine rings is 1. The molecule has 3 N–H and O–H groups in total. The van der Waals surface area contributed by atoms with Gasteiger partial charge in [0.2, 0.25) is 15.9 Å². The molecule has 1 aliphatic heterocycles. The lowest BCUT2D eigenvalue weighted by atomic mass is 9.99. The molecule has 2 aromatic rings. The van der Waals surface area contributed by atoms with Gasteiger partial charge in [-0.2, -0.15) is 4.31 Å². The minimum absolute atomic E-state index is 0.0337. The molecule has 12 heteroatoms. The van der Waals surface area contributed by atoms with E-state index in [0.717, 1.165) is 10.00 Å². The van der Waals surface area contributed by atoms with E-state index < -0.39 is 32.1 Å². The molecular formula is C15H19N5O5S2. The molecule has 146 valence electrons. The summed E-state index contributed by atoms with van der Waals surface area (Å²) in [7, 11) is -4.15. The van der Waals surface area contributed by atoms with Gasteiger partial charge in [-0.15, -0.1) is 11.3 Å². The average Bonchev–Trinajstić information content (AvgIpc) is 2.98. The number of rotatable bonds is 4. The molecule has 1 aliphatic rings. The zero-order valence-electron chi connectivity index (χ0n) is 14.7. The summed E-state index contributed by atoms with van der Waals surface area (Å²) in [6, 6.07) is 0. The van der Waals surface area contributed by atoms with Gasteiger partial charge in [0.1, 0.15) is 0 Å². The van der Waals surface area contributed by atoms with Gasteiger partial charge in [0, 0.05) is 24.2 Å². The number of carbonyl (C=O) groups is 1. The monoisotopic (exact) mass is 413 g/mol. The lowest BCUT2D eigenvalue weighted by Crippen LogP contribution is -2.45. The van der Waals surface area contributed by atoms with E-state index in [9.17, 15) is 22.8 Å². The Bertz CT molecular complexity index is 1080.